The molecule has 15 heavy (non-hydrogen) atoms. The molecular formula is C8H16N2O5. The van der Waals surface area contributed by atoms with Crippen LogP contribution in [0.3, 0.4) is 0 Å². The SMILES string of the molecule is N[C@H](CCOC(=O)[C@@H](N)CCO)C(=O)O. The average Bonchev–Trinajstić information content (AvgIpc) is 2.17. The number of aliphatic hydroxyl groups excluding tert-OH is 1. The molecule has 0 amide bonds. The van der Waals surface area contributed by atoms with E-state index < -0.39 is 24.0 Å². The number of aliphatic hydroxyl groups is 1. The number of carboxylic acids is 1. The van der Waals surface area contributed by atoms with Crippen LogP contribution >= 0.6 is 0 Å². The zero-order valence-electron chi connectivity index (χ0n) is 8.26. The van der Waals surface area contributed by atoms with E-state index in [0.29, 0.717) is 0 Å². The van der Waals surface area contributed by atoms with Crippen molar-refractivity contribution in [3.05, 3.63) is 0 Å². The smallest absolute Gasteiger partial charge is 0.322 e. The molecule has 0 bridgehead atoms. The summed E-state index contributed by atoms with van der Waals surface area (Å²) in [6, 6.07) is -1.93. The molecule has 0 radical (unpaired) electrons. The number of nitrogens with two attached hydrogens (primary N) is 2. The number of carbonyl (C=O) groups is 2. The molecule has 0 unspecified atom stereocenters. The van der Waals surface area contributed by atoms with Gasteiger partial charge in [-0.05, 0) is 6.42 Å². The second-order valence-corrected chi connectivity index (χ2v) is 3.02. The molecule has 6 N–H and O–H groups in total. The number of ether oxygens (including phenoxy) is 1. The van der Waals surface area contributed by atoms with Crippen LogP contribution in [-0.4, -0.2) is 47.4 Å². The van der Waals surface area contributed by atoms with Crippen molar-refractivity contribution in [2.45, 2.75) is 24.9 Å². The molecule has 0 heterocycles. The van der Waals surface area contributed by atoms with Gasteiger partial charge in [0.25, 0.3) is 0 Å². The third-order valence-corrected chi connectivity index (χ3v) is 1.73. The summed E-state index contributed by atoms with van der Waals surface area (Å²) in [6.07, 6.45) is 0.150. The predicted molar refractivity (Wildman–Crippen MR) is 50.9 cm³/mol. The molecule has 0 aliphatic rings. The molecule has 0 aliphatic carbocycles. The third kappa shape index (κ3) is 6.00. The van der Waals surface area contributed by atoms with E-state index >= 15 is 0 Å². The molecular weight excluding hydrogens is 204 g/mol. The highest BCUT2D eigenvalue weighted by Gasteiger charge is 2.16. The van der Waals surface area contributed by atoms with E-state index in [9.17, 15) is 9.59 Å². The van der Waals surface area contributed by atoms with Crippen molar-refractivity contribution in [3.8, 4) is 0 Å². The predicted octanol–water partition coefficient (Wildman–Crippen LogP) is -1.96. The molecule has 0 rings (SSSR count). The summed E-state index contributed by atoms with van der Waals surface area (Å²) in [5.74, 6) is -1.81. The first-order valence-corrected chi connectivity index (χ1v) is 4.50. The normalized spacial score (nSPS) is 14.3. The van der Waals surface area contributed by atoms with Gasteiger partial charge in [0.1, 0.15) is 12.1 Å². The summed E-state index contributed by atoms with van der Waals surface area (Å²) >= 11 is 0. The van der Waals surface area contributed by atoms with E-state index in [2.05, 4.69) is 4.74 Å². The van der Waals surface area contributed by atoms with Gasteiger partial charge in [-0.3, -0.25) is 9.59 Å². The molecule has 0 saturated carbocycles. The van der Waals surface area contributed by atoms with E-state index in [1.165, 1.54) is 0 Å². The molecule has 7 nitrogen and oxygen atoms in total. The largest absolute Gasteiger partial charge is 0.480 e. The van der Waals surface area contributed by atoms with Gasteiger partial charge in [-0.15, -0.1) is 0 Å². The highest BCUT2D eigenvalue weighted by Crippen LogP contribution is 1.95. The Morgan fingerprint density at radius 2 is 1.80 bits per heavy atom. The van der Waals surface area contributed by atoms with Gasteiger partial charge in [0.2, 0.25) is 0 Å². The monoisotopic (exact) mass is 220 g/mol. The molecule has 0 fully saturated rings. The maximum Gasteiger partial charge on any atom is 0.322 e. The Balaban J connectivity index is 3.67. The number of esters is 1. The molecule has 2 atom stereocenters. The molecule has 0 aromatic rings. The summed E-state index contributed by atoms with van der Waals surface area (Å²) in [5, 5.41) is 16.9. The van der Waals surface area contributed by atoms with Crippen LogP contribution in [0.2, 0.25) is 0 Å². The average molecular weight is 220 g/mol. The van der Waals surface area contributed by atoms with Crippen molar-refractivity contribution in [3.63, 3.8) is 0 Å². The van der Waals surface area contributed by atoms with Crippen LogP contribution in [0.25, 0.3) is 0 Å². The Morgan fingerprint density at radius 1 is 1.20 bits per heavy atom. The first-order chi connectivity index (χ1) is 6.99. The lowest BCUT2D eigenvalue weighted by Gasteiger charge is -2.11. The Hall–Kier alpha value is -1.18. The van der Waals surface area contributed by atoms with E-state index in [-0.39, 0.29) is 26.1 Å². The third-order valence-electron chi connectivity index (χ3n) is 1.73. The van der Waals surface area contributed by atoms with E-state index in [1.54, 1.807) is 0 Å². The van der Waals surface area contributed by atoms with Crippen molar-refractivity contribution in [2.75, 3.05) is 13.2 Å². The summed E-state index contributed by atoms with van der Waals surface area (Å²) in [5.41, 5.74) is 10.5. The number of carboxylic acid groups (broad SMARTS) is 1. The maximum atomic E-state index is 11.0. The summed E-state index contributed by atoms with van der Waals surface area (Å²) < 4.78 is 4.66. The Labute approximate surface area is 87.0 Å². The highest BCUT2D eigenvalue weighted by molar-refractivity contribution is 5.75. The number of hydrogen-bond acceptors (Lipinski definition) is 6. The molecule has 0 saturated heterocycles. The minimum absolute atomic E-state index is 0.0346. The highest BCUT2D eigenvalue weighted by atomic mass is 16.5. The van der Waals surface area contributed by atoms with Gasteiger partial charge in [-0.2, -0.15) is 0 Å². The van der Waals surface area contributed by atoms with Gasteiger partial charge < -0.3 is 26.4 Å². The van der Waals surface area contributed by atoms with Gasteiger partial charge in [-0.1, -0.05) is 0 Å². The molecule has 88 valence electrons. The molecule has 0 aliphatic heterocycles. The van der Waals surface area contributed by atoms with Crippen LogP contribution in [0, 0.1) is 0 Å². The van der Waals surface area contributed by atoms with Gasteiger partial charge in [0.15, 0.2) is 0 Å². The summed E-state index contributed by atoms with van der Waals surface area (Å²) in [7, 11) is 0. The van der Waals surface area contributed by atoms with Crippen LogP contribution in [-0.2, 0) is 14.3 Å². The van der Waals surface area contributed by atoms with Crippen molar-refractivity contribution < 1.29 is 24.5 Å². The van der Waals surface area contributed by atoms with Crippen LogP contribution in [0.15, 0.2) is 0 Å². The van der Waals surface area contributed by atoms with Crippen molar-refractivity contribution in [1.82, 2.24) is 0 Å². The number of carbonyl (C=O) groups excluding carboxylic acids is 1. The minimum atomic E-state index is -1.15. The number of hydrogen-bond donors (Lipinski definition) is 4. The second-order valence-electron chi connectivity index (χ2n) is 3.02. The lowest BCUT2D eigenvalue weighted by molar-refractivity contribution is -0.147. The van der Waals surface area contributed by atoms with Gasteiger partial charge >= 0.3 is 11.9 Å². The Kier molecular flexibility index (Phi) is 6.59. The minimum Gasteiger partial charge on any atom is -0.480 e. The Bertz CT molecular complexity index is 221. The zero-order valence-corrected chi connectivity index (χ0v) is 8.26. The first-order valence-electron chi connectivity index (χ1n) is 4.50. The second kappa shape index (κ2) is 7.16. The summed E-state index contributed by atoms with van der Waals surface area (Å²) in [4.78, 5) is 21.3. The van der Waals surface area contributed by atoms with Gasteiger partial charge in [0.05, 0.1) is 6.61 Å². The van der Waals surface area contributed by atoms with Crippen LogP contribution in [0.1, 0.15) is 12.8 Å². The fourth-order valence-corrected chi connectivity index (χ4v) is 0.774. The van der Waals surface area contributed by atoms with Gasteiger partial charge in [0, 0.05) is 13.0 Å². The van der Waals surface area contributed by atoms with Crippen molar-refractivity contribution in [1.29, 1.82) is 0 Å². The first kappa shape index (κ1) is 13.8. The number of rotatable bonds is 7. The van der Waals surface area contributed by atoms with Crippen molar-refractivity contribution >= 4 is 11.9 Å². The zero-order chi connectivity index (χ0) is 11.8. The maximum absolute atomic E-state index is 11.0. The Morgan fingerprint density at radius 3 is 2.27 bits per heavy atom. The molecule has 7 heteroatoms. The fourth-order valence-electron chi connectivity index (χ4n) is 0.774. The summed E-state index contributed by atoms with van der Waals surface area (Å²) in [6.45, 7) is -0.295. The standard InChI is InChI=1S/C8H16N2O5/c9-5(7(12)13)2-4-15-8(14)6(10)1-3-11/h5-6,11H,1-4,9-10H2,(H,12,13)/t5-,6+/m1/s1. The van der Waals surface area contributed by atoms with E-state index in [0.717, 1.165) is 0 Å². The molecule has 0 aromatic heterocycles. The van der Waals surface area contributed by atoms with Crippen LogP contribution in [0.4, 0.5) is 0 Å². The quantitative estimate of drug-likeness (QED) is 0.366. The lowest BCUT2D eigenvalue weighted by Crippen LogP contribution is -2.35. The van der Waals surface area contributed by atoms with Crippen LogP contribution < -0.4 is 11.5 Å². The van der Waals surface area contributed by atoms with Crippen LogP contribution in [0.5, 0.6) is 0 Å². The van der Waals surface area contributed by atoms with E-state index in [4.69, 9.17) is 21.7 Å². The number of aliphatic carboxylic acids is 1. The van der Waals surface area contributed by atoms with E-state index in [1.807, 2.05) is 0 Å². The van der Waals surface area contributed by atoms with Crippen molar-refractivity contribution in [2.24, 2.45) is 11.5 Å². The van der Waals surface area contributed by atoms with Gasteiger partial charge in [-0.25, -0.2) is 0 Å². The topological polar surface area (TPSA) is 136 Å². The molecule has 0 aromatic carbocycles. The lowest BCUT2D eigenvalue weighted by atomic mass is 10.2. The fraction of sp³-hybridized carbons (Fsp3) is 0.750. The molecule has 0 spiro atoms.